The summed E-state index contributed by atoms with van der Waals surface area (Å²) >= 11 is 0. The lowest BCUT2D eigenvalue weighted by atomic mass is 9.92. The number of rotatable bonds is 5. The molecule has 0 atom stereocenters. The number of hydrogen-bond acceptors (Lipinski definition) is 6. The molecule has 0 bridgehead atoms. The van der Waals surface area contributed by atoms with Crippen molar-refractivity contribution in [1.29, 1.82) is 0 Å². The normalized spacial score (nSPS) is 24.4. The van der Waals surface area contributed by atoms with Crippen LogP contribution in [-0.2, 0) is 0 Å². The smallest absolute Gasteiger partial charge is 0.224 e. The highest BCUT2D eigenvalue weighted by molar-refractivity contribution is 5.53. The van der Waals surface area contributed by atoms with E-state index in [0.717, 1.165) is 37.3 Å². The largest absolute Gasteiger partial charge is 0.351 e. The molecule has 0 aliphatic heterocycles. The molecule has 0 spiro atoms. The summed E-state index contributed by atoms with van der Waals surface area (Å²) in [7, 11) is 0. The zero-order valence-corrected chi connectivity index (χ0v) is 14.5. The van der Waals surface area contributed by atoms with E-state index in [1.54, 1.807) is 6.20 Å². The first-order valence-electron chi connectivity index (χ1n) is 9.44. The lowest BCUT2D eigenvalue weighted by molar-refractivity contribution is 0.410. The van der Waals surface area contributed by atoms with E-state index < -0.39 is 0 Å². The number of anilines is 3. The van der Waals surface area contributed by atoms with Crippen molar-refractivity contribution in [1.82, 2.24) is 20.2 Å². The van der Waals surface area contributed by atoms with E-state index in [0.29, 0.717) is 23.9 Å². The molecule has 5 N–H and O–H groups in total. The Balaban J connectivity index is 1.38. The maximum absolute atomic E-state index is 5.97. The molecule has 7 nitrogen and oxygen atoms in total. The lowest BCUT2D eigenvalue weighted by Crippen LogP contribution is -2.33. The van der Waals surface area contributed by atoms with E-state index in [4.69, 9.17) is 5.73 Å². The number of aromatic nitrogens is 4. The highest BCUT2D eigenvalue weighted by Crippen LogP contribution is 2.34. The molecule has 134 valence electrons. The van der Waals surface area contributed by atoms with Gasteiger partial charge in [-0.3, -0.25) is 5.10 Å². The number of aromatic amines is 1. The van der Waals surface area contributed by atoms with Crippen LogP contribution in [-0.4, -0.2) is 32.2 Å². The second kappa shape index (κ2) is 7.39. The molecule has 2 aromatic heterocycles. The molecule has 0 saturated heterocycles. The third-order valence-corrected chi connectivity index (χ3v) is 5.41. The molecule has 4 rings (SSSR count). The zero-order chi connectivity index (χ0) is 17.1. The molecule has 7 heteroatoms. The van der Waals surface area contributed by atoms with Gasteiger partial charge >= 0.3 is 0 Å². The minimum Gasteiger partial charge on any atom is -0.351 e. The summed E-state index contributed by atoms with van der Waals surface area (Å²) in [5.74, 6) is 2.87. The predicted molar refractivity (Wildman–Crippen MR) is 99.0 cm³/mol. The van der Waals surface area contributed by atoms with Crippen LogP contribution in [0.1, 0.15) is 63.0 Å². The van der Waals surface area contributed by atoms with E-state index in [9.17, 15) is 0 Å². The van der Waals surface area contributed by atoms with E-state index in [1.807, 2.05) is 6.07 Å². The minimum absolute atomic E-state index is 0.348. The molecule has 0 aromatic carbocycles. The average Bonchev–Trinajstić information content (AvgIpc) is 3.29. The van der Waals surface area contributed by atoms with Crippen molar-refractivity contribution < 1.29 is 0 Å². The van der Waals surface area contributed by atoms with Gasteiger partial charge in [0.15, 0.2) is 5.82 Å². The van der Waals surface area contributed by atoms with Gasteiger partial charge < -0.3 is 16.4 Å². The fraction of sp³-hybridized carbons (Fsp3) is 0.611. The highest BCUT2D eigenvalue weighted by Gasteiger charge is 2.20. The molecular formula is C18H27N7. The van der Waals surface area contributed by atoms with Crippen molar-refractivity contribution in [3.8, 4) is 0 Å². The summed E-state index contributed by atoms with van der Waals surface area (Å²) in [5, 5.41) is 14.3. The second-order valence-electron chi connectivity index (χ2n) is 7.34. The Bertz CT molecular complexity index is 684. The number of hydrogen-bond donors (Lipinski definition) is 4. The van der Waals surface area contributed by atoms with Crippen molar-refractivity contribution >= 4 is 17.6 Å². The standard InChI is InChI=1S/C18H27N7/c19-13-5-7-14(8-6-13)21-18-20-10-9-16(23-18)22-17-11-15(24-25-17)12-3-1-2-4-12/h9-14H,1-8,19H2,(H3,20,21,22,23,24,25). The Hall–Kier alpha value is -2.15. The van der Waals surface area contributed by atoms with Crippen LogP contribution < -0.4 is 16.4 Å². The number of nitrogens with two attached hydrogens (primary N) is 1. The Morgan fingerprint density at radius 1 is 1.04 bits per heavy atom. The summed E-state index contributed by atoms with van der Waals surface area (Å²) in [6.45, 7) is 0. The maximum Gasteiger partial charge on any atom is 0.224 e. The fourth-order valence-electron chi connectivity index (χ4n) is 3.92. The number of nitrogens with one attached hydrogen (secondary N) is 3. The molecule has 2 saturated carbocycles. The van der Waals surface area contributed by atoms with Gasteiger partial charge in [-0.05, 0) is 44.6 Å². The van der Waals surface area contributed by atoms with E-state index in [-0.39, 0.29) is 0 Å². The van der Waals surface area contributed by atoms with Gasteiger partial charge in [0, 0.05) is 36.0 Å². The minimum atomic E-state index is 0.348. The SMILES string of the molecule is NC1CCC(Nc2nccc(Nc3cc(C4CCCC4)[nH]n3)n2)CC1. The molecule has 25 heavy (non-hydrogen) atoms. The monoisotopic (exact) mass is 341 g/mol. The first kappa shape index (κ1) is 16.3. The summed E-state index contributed by atoms with van der Waals surface area (Å²) in [6.07, 6.45) is 11.2. The first-order valence-corrected chi connectivity index (χ1v) is 9.44. The molecule has 2 aromatic rings. The third kappa shape index (κ3) is 4.10. The van der Waals surface area contributed by atoms with Gasteiger partial charge in [0.25, 0.3) is 0 Å². The van der Waals surface area contributed by atoms with E-state index in [1.165, 1.54) is 31.4 Å². The maximum atomic E-state index is 5.97. The number of H-pyrrole nitrogens is 1. The Labute approximate surface area is 148 Å². The van der Waals surface area contributed by atoms with Crippen LogP contribution >= 0.6 is 0 Å². The third-order valence-electron chi connectivity index (χ3n) is 5.41. The van der Waals surface area contributed by atoms with Gasteiger partial charge in [-0.25, -0.2) is 4.98 Å². The molecule has 0 unspecified atom stereocenters. The Kier molecular flexibility index (Phi) is 4.83. The molecule has 2 aliphatic rings. The summed E-state index contributed by atoms with van der Waals surface area (Å²) < 4.78 is 0. The van der Waals surface area contributed by atoms with Crippen LogP contribution in [0.15, 0.2) is 18.3 Å². The van der Waals surface area contributed by atoms with Crippen LogP contribution in [0.25, 0.3) is 0 Å². The summed E-state index contributed by atoms with van der Waals surface area (Å²) in [4.78, 5) is 8.91. The van der Waals surface area contributed by atoms with Crippen molar-refractivity contribution in [2.75, 3.05) is 10.6 Å². The van der Waals surface area contributed by atoms with Crippen molar-refractivity contribution in [3.63, 3.8) is 0 Å². The van der Waals surface area contributed by atoms with Crippen LogP contribution in [0, 0.1) is 0 Å². The molecular weight excluding hydrogens is 314 g/mol. The fourth-order valence-corrected chi connectivity index (χ4v) is 3.92. The van der Waals surface area contributed by atoms with Gasteiger partial charge in [0.1, 0.15) is 5.82 Å². The average molecular weight is 341 g/mol. The quantitative estimate of drug-likeness (QED) is 0.665. The summed E-state index contributed by atoms with van der Waals surface area (Å²) in [5.41, 5.74) is 7.20. The van der Waals surface area contributed by atoms with Gasteiger partial charge in [0.2, 0.25) is 5.95 Å². The van der Waals surface area contributed by atoms with Gasteiger partial charge in [-0.15, -0.1) is 0 Å². The molecule has 0 amide bonds. The molecule has 2 aliphatic carbocycles. The predicted octanol–water partition coefficient (Wildman–Crippen LogP) is 3.28. The molecule has 0 radical (unpaired) electrons. The lowest BCUT2D eigenvalue weighted by Gasteiger charge is -2.26. The first-order chi connectivity index (χ1) is 12.3. The van der Waals surface area contributed by atoms with Gasteiger partial charge in [-0.1, -0.05) is 12.8 Å². The van der Waals surface area contributed by atoms with Crippen LogP contribution in [0.4, 0.5) is 17.6 Å². The van der Waals surface area contributed by atoms with Gasteiger partial charge in [0.05, 0.1) is 0 Å². The van der Waals surface area contributed by atoms with Crippen LogP contribution in [0.2, 0.25) is 0 Å². The number of nitrogens with zero attached hydrogens (tertiary/aromatic N) is 3. The van der Waals surface area contributed by atoms with Crippen molar-refractivity contribution in [3.05, 3.63) is 24.0 Å². The van der Waals surface area contributed by atoms with Crippen molar-refractivity contribution in [2.45, 2.75) is 69.4 Å². The van der Waals surface area contributed by atoms with Gasteiger partial charge in [-0.2, -0.15) is 10.1 Å². The zero-order valence-electron chi connectivity index (χ0n) is 14.5. The Morgan fingerprint density at radius 2 is 1.84 bits per heavy atom. The van der Waals surface area contributed by atoms with Crippen molar-refractivity contribution in [2.24, 2.45) is 5.73 Å². The topological polar surface area (TPSA) is 105 Å². The van der Waals surface area contributed by atoms with E-state index >= 15 is 0 Å². The van der Waals surface area contributed by atoms with E-state index in [2.05, 4.69) is 36.9 Å². The second-order valence-corrected chi connectivity index (χ2v) is 7.34. The molecule has 2 fully saturated rings. The Morgan fingerprint density at radius 3 is 2.64 bits per heavy atom. The summed E-state index contributed by atoms with van der Waals surface area (Å²) in [6, 6.07) is 4.73. The van der Waals surface area contributed by atoms with Crippen LogP contribution in [0.3, 0.4) is 0 Å². The highest BCUT2D eigenvalue weighted by atomic mass is 15.2. The van der Waals surface area contributed by atoms with Crippen LogP contribution in [0.5, 0.6) is 0 Å². The molecule has 2 heterocycles.